The van der Waals surface area contributed by atoms with Crippen LogP contribution in [0.3, 0.4) is 0 Å². The van der Waals surface area contributed by atoms with Gasteiger partial charge in [0.05, 0.1) is 13.7 Å². The summed E-state index contributed by atoms with van der Waals surface area (Å²) in [5, 5.41) is 6.48. The molecule has 3 aromatic carbocycles. The number of methoxy groups -OCH3 is 1. The molecule has 0 aliphatic heterocycles. The Hall–Kier alpha value is -3.31. The van der Waals surface area contributed by atoms with Crippen molar-refractivity contribution in [1.29, 1.82) is 0 Å². The van der Waals surface area contributed by atoms with Crippen LogP contribution in [0.2, 0.25) is 0 Å². The second-order valence-electron chi connectivity index (χ2n) is 6.99. The Labute approximate surface area is 178 Å². The Balaban J connectivity index is 1.57. The summed E-state index contributed by atoms with van der Waals surface area (Å²) in [4.78, 5) is 12.5. The van der Waals surface area contributed by atoms with E-state index in [4.69, 9.17) is 9.47 Å². The van der Waals surface area contributed by atoms with Gasteiger partial charge in [0.1, 0.15) is 11.5 Å². The van der Waals surface area contributed by atoms with Gasteiger partial charge in [0.15, 0.2) is 0 Å². The minimum absolute atomic E-state index is 0.148. The van der Waals surface area contributed by atoms with Crippen LogP contribution in [0, 0.1) is 0 Å². The highest BCUT2D eigenvalue weighted by Crippen LogP contribution is 2.19. The van der Waals surface area contributed by atoms with E-state index in [1.807, 2.05) is 43.3 Å². The van der Waals surface area contributed by atoms with Crippen molar-refractivity contribution in [2.24, 2.45) is 0 Å². The van der Waals surface area contributed by atoms with Gasteiger partial charge in [-0.3, -0.25) is 4.79 Å². The molecule has 0 radical (unpaired) electrons. The number of rotatable bonds is 9. The first-order valence-corrected chi connectivity index (χ1v) is 10.1. The van der Waals surface area contributed by atoms with E-state index < -0.39 is 0 Å². The van der Waals surface area contributed by atoms with Crippen LogP contribution in [0.15, 0.2) is 72.8 Å². The van der Waals surface area contributed by atoms with E-state index in [0.717, 1.165) is 22.7 Å². The molecule has 1 atom stereocenters. The molecule has 0 aromatic heterocycles. The summed E-state index contributed by atoms with van der Waals surface area (Å²) in [5.41, 5.74) is 3.65. The molecular formula is C25H28N2O3. The number of carbonyl (C=O) groups excluding carboxylic acids is 1. The molecule has 0 spiro atoms. The quantitative estimate of drug-likeness (QED) is 0.515. The third-order valence-corrected chi connectivity index (χ3v) is 4.84. The van der Waals surface area contributed by atoms with Crippen LogP contribution in [0.5, 0.6) is 11.5 Å². The number of anilines is 1. The van der Waals surface area contributed by atoms with Gasteiger partial charge in [0.2, 0.25) is 0 Å². The topological polar surface area (TPSA) is 59.6 Å². The Morgan fingerprint density at radius 1 is 0.967 bits per heavy atom. The van der Waals surface area contributed by atoms with Gasteiger partial charge in [-0.05, 0) is 73.5 Å². The van der Waals surface area contributed by atoms with E-state index in [1.54, 1.807) is 31.4 Å². The number of ether oxygens (including phenoxy) is 2. The molecule has 0 fully saturated rings. The summed E-state index contributed by atoms with van der Waals surface area (Å²) in [7, 11) is 1.60. The second-order valence-corrected chi connectivity index (χ2v) is 6.99. The largest absolute Gasteiger partial charge is 0.497 e. The van der Waals surface area contributed by atoms with Crippen LogP contribution in [0.4, 0.5) is 5.69 Å². The summed E-state index contributed by atoms with van der Waals surface area (Å²) in [6.45, 7) is 5.47. The van der Waals surface area contributed by atoms with Gasteiger partial charge in [-0.15, -0.1) is 0 Å². The highest BCUT2D eigenvalue weighted by atomic mass is 16.5. The van der Waals surface area contributed by atoms with Crippen molar-refractivity contribution in [3.8, 4) is 11.5 Å². The average Bonchev–Trinajstić information content (AvgIpc) is 2.78. The minimum Gasteiger partial charge on any atom is -0.497 e. The fourth-order valence-corrected chi connectivity index (χ4v) is 3.11. The fourth-order valence-electron chi connectivity index (χ4n) is 3.11. The highest BCUT2D eigenvalue weighted by molar-refractivity contribution is 6.04. The number of nitrogens with one attached hydrogen (secondary N) is 2. The zero-order chi connectivity index (χ0) is 21.3. The van der Waals surface area contributed by atoms with E-state index in [0.29, 0.717) is 18.7 Å². The van der Waals surface area contributed by atoms with Crippen LogP contribution in [0.1, 0.15) is 41.4 Å². The van der Waals surface area contributed by atoms with Gasteiger partial charge >= 0.3 is 0 Å². The summed E-state index contributed by atoms with van der Waals surface area (Å²) >= 11 is 0. The van der Waals surface area contributed by atoms with E-state index in [1.165, 1.54) is 5.56 Å². The summed E-state index contributed by atoms with van der Waals surface area (Å²) in [6.07, 6.45) is 0. The average molecular weight is 405 g/mol. The maximum Gasteiger partial charge on any atom is 0.255 e. The Kier molecular flexibility index (Phi) is 7.46. The molecule has 0 saturated heterocycles. The predicted molar refractivity (Wildman–Crippen MR) is 120 cm³/mol. The van der Waals surface area contributed by atoms with Crippen molar-refractivity contribution in [3.05, 3.63) is 89.5 Å². The number of carbonyl (C=O) groups is 1. The lowest BCUT2D eigenvalue weighted by Crippen LogP contribution is -2.18. The second kappa shape index (κ2) is 10.5. The molecule has 0 bridgehead atoms. The van der Waals surface area contributed by atoms with E-state index in [9.17, 15) is 4.79 Å². The fraction of sp³-hybridized carbons (Fsp3) is 0.240. The molecular weight excluding hydrogens is 376 g/mol. The van der Waals surface area contributed by atoms with Crippen LogP contribution in [-0.2, 0) is 6.54 Å². The Morgan fingerprint density at radius 2 is 1.67 bits per heavy atom. The number of benzene rings is 3. The third kappa shape index (κ3) is 5.84. The first-order valence-electron chi connectivity index (χ1n) is 10.1. The predicted octanol–water partition coefficient (Wildman–Crippen LogP) is 5.20. The van der Waals surface area contributed by atoms with Crippen LogP contribution in [-0.4, -0.2) is 19.6 Å². The van der Waals surface area contributed by atoms with Gasteiger partial charge in [-0.1, -0.05) is 24.3 Å². The normalized spacial score (nSPS) is 11.6. The zero-order valence-corrected chi connectivity index (χ0v) is 17.6. The number of hydrogen-bond donors (Lipinski definition) is 2. The highest BCUT2D eigenvalue weighted by Gasteiger charge is 2.08. The van der Waals surface area contributed by atoms with E-state index >= 15 is 0 Å². The molecule has 2 N–H and O–H groups in total. The molecule has 5 heteroatoms. The van der Waals surface area contributed by atoms with Gasteiger partial charge in [0, 0.05) is 23.8 Å². The molecule has 0 saturated carbocycles. The molecule has 0 aliphatic rings. The minimum atomic E-state index is -0.148. The lowest BCUT2D eigenvalue weighted by Gasteiger charge is -2.15. The van der Waals surface area contributed by atoms with Gasteiger partial charge < -0.3 is 20.1 Å². The van der Waals surface area contributed by atoms with E-state index in [2.05, 4.69) is 29.7 Å². The van der Waals surface area contributed by atoms with E-state index in [-0.39, 0.29) is 11.9 Å². The number of amides is 1. The Bertz CT molecular complexity index is 953. The first kappa shape index (κ1) is 21.4. The summed E-state index contributed by atoms with van der Waals surface area (Å²) < 4.78 is 10.6. The molecule has 156 valence electrons. The van der Waals surface area contributed by atoms with Crippen molar-refractivity contribution >= 4 is 11.6 Å². The SMILES string of the molecule is CCOc1ccc(C(C)NCc2cccc(NC(=O)c3ccc(OC)cc3)c2)cc1. The van der Waals surface area contributed by atoms with Crippen LogP contribution < -0.4 is 20.1 Å². The van der Waals surface area contributed by atoms with Gasteiger partial charge in [-0.2, -0.15) is 0 Å². The molecule has 1 amide bonds. The lowest BCUT2D eigenvalue weighted by atomic mass is 10.1. The van der Waals surface area contributed by atoms with Gasteiger partial charge in [0.25, 0.3) is 5.91 Å². The van der Waals surface area contributed by atoms with Crippen molar-refractivity contribution in [2.45, 2.75) is 26.4 Å². The molecule has 0 heterocycles. The Morgan fingerprint density at radius 3 is 2.33 bits per heavy atom. The van der Waals surface area contributed by atoms with Crippen LogP contribution >= 0.6 is 0 Å². The molecule has 3 rings (SSSR count). The van der Waals surface area contributed by atoms with Crippen molar-refractivity contribution in [3.63, 3.8) is 0 Å². The molecule has 0 aliphatic carbocycles. The lowest BCUT2D eigenvalue weighted by molar-refractivity contribution is 0.102. The molecule has 30 heavy (non-hydrogen) atoms. The van der Waals surface area contributed by atoms with Crippen molar-refractivity contribution in [2.75, 3.05) is 19.0 Å². The molecule has 3 aromatic rings. The summed E-state index contributed by atoms with van der Waals surface area (Å²) in [5.74, 6) is 1.46. The zero-order valence-electron chi connectivity index (χ0n) is 17.6. The van der Waals surface area contributed by atoms with Crippen molar-refractivity contribution < 1.29 is 14.3 Å². The molecule has 5 nitrogen and oxygen atoms in total. The standard InChI is InChI=1S/C25H28N2O3/c1-4-30-24-14-8-20(9-15-24)18(2)26-17-19-6-5-7-22(16-19)27-25(28)21-10-12-23(29-3)13-11-21/h5-16,18,26H,4,17H2,1-3H3,(H,27,28). The maximum atomic E-state index is 12.5. The van der Waals surface area contributed by atoms with Crippen LogP contribution in [0.25, 0.3) is 0 Å². The first-order chi connectivity index (χ1) is 14.6. The van der Waals surface area contributed by atoms with Crippen molar-refractivity contribution in [1.82, 2.24) is 5.32 Å². The van der Waals surface area contributed by atoms with Gasteiger partial charge in [-0.25, -0.2) is 0 Å². The smallest absolute Gasteiger partial charge is 0.255 e. The summed E-state index contributed by atoms with van der Waals surface area (Å²) in [6, 6.07) is 23.2. The third-order valence-electron chi connectivity index (χ3n) is 4.84. The molecule has 1 unspecified atom stereocenters. The monoisotopic (exact) mass is 404 g/mol. The maximum absolute atomic E-state index is 12.5. The number of hydrogen-bond acceptors (Lipinski definition) is 4.